The number of nitro groups is 1. The normalized spacial score (nSPS) is 17.4. The largest absolute Gasteiger partial charge is 0.472 e. The third-order valence-corrected chi connectivity index (χ3v) is 6.25. The van der Waals surface area contributed by atoms with E-state index in [0.717, 1.165) is 12.8 Å². The first kappa shape index (κ1) is 28.1. The summed E-state index contributed by atoms with van der Waals surface area (Å²) in [6.45, 7) is 9.29. The molecule has 1 heterocycles. The molecule has 204 valence electrons. The van der Waals surface area contributed by atoms with Crippen LogP contribution in [0.25, 0.3) is 0 Å². The molecule has 1 aromatic heterocycles. The standard InChI is InChI=1S/C25H37N5O7/c1-15(26)36-21-9-8-19-22(21)28-12-20(30(33)34)23(19)29(11-10-27-24(32)37-25(3,4)5)13-18(17-6-7-17)14-35-16(2)31/h12,17-18,21,26H,6-11,13-14H2,1-5H3,(H,27,32). The number of fused-ring (bicyclic) bond motifs is 1. The van der Waals surface area contributed by atoms with Gasteiger partial charge in [-0.2, -0.15) is 0 Å². The zero-order valence-corrected chi connectivity index (χ0v) is 22.2. The molecule has 2 N–H and O–H groups in total. The maximum absolute atomic E-state index is 12.2. The molecule has 3 rings (SSSR count). The van der Waals surface area contributed by atoms with E-state index in [-0.39, 0.29) is 43.2 Å². The Morgan fingerprint density at radius 1 is 1.30 bits per heavy atom. The number of carbonyl (C=O) groups excluding carboxylic acids is 2. The van der Waals surface area contributed by atoms with Crippen molar-refractivity contribution < 1.29 is 28.7 Å². The lowest BCUT2D eigenvalue weighted by Crippen LogP contribution is -2.41. The number of pyridine rings is 1. The number of anilines is 1. The maximum Gasteiger partial charge on any atom is 0.407 e. The molecule has 0 aromatic carbocycles. The van der Waals surface area contributed by atoms with Crippen LogP contribution in [0.1, 0.15) is 71.2 Å². The number of esters is 1. The fraction of sp³-hybridized carbons (Fsp3) is 0.680. The molecule has 1 amide bonds. The number of hydrogen-bond donors (Lipinski definition) is 2. The summed E-state index contributed by atoms with van der Waals surface area (Å²) >= 11 is 0. The van der Waals surface area contributed by atoms with Crippen LogP contribution >= 0.6 is 0 Å². The monoisotopic (exact) mass is 519 g/mol. The van der Waals surface area contributed by atoms with Crippen molar-refractivity contribution in [2.45, 2.75) is 72.0 Å². The summed E-state index contributed by atoms with van der Waals surface area (Å²) in [7, 11) is 0. The highest BCUT2D eigenvalue weighted by molar-refractivity contribution is 5.72. The molecule has 0 saturated heterocycles. The molecule has 1 aromatic rings. The van der Waals surface area contributed by atoms with Crippen molar-refractivity contribution in [2.24, 2.45) is 11.8 Å². The third kappa shape index (κ3) is 8.02. The average molecular weight is 520 g/mol. The summed E-state index contributed by atoms with van der Waals surface area (Å²) in [5.74, 6) is 0.00657. The van der Waals surface area contributed by atoms with Crippen LogP contribution < -0.4 is 10.2 Å². The van der Waals surface area contributed by atoms with E-state index in [1.54, 1.807) is 20.8 Å². The molecule has 37 heavy (non-hydrogen) atoms. The van der Waals surface area contributed by atoms with Crippen molar-refractivity contribution in [1.82, 2.24) is 10.3 Å². The number of hydrogen-bond acceptors (Lipinski definition) is 10. The van der Waals surface area contributed by atoms with E-state index in [0.29, 0.717) is 42.2 Å². The summed E-state index contributed by atoms with van der Waals surface area (Å²) in [5, 5.41) is 22.5. The second kappa shape index (κ2) is 11.7. The number of alkyl carbamates (subject to hydrolysis) is 1. The summed E-state index contributed by atoms with van der Waals surface area (Å²) in [6, 6.07) is 0. The van der Waals surface area contributed by atoms with Crippen LogP contribution in [-0.4, -0.2) is 59.7 Å². The number of amides is 1. The van der Waals surface area contributed by atoms with Crippen molar-refractivity contribution in [1.29, 1.82) is 5.41 Å². The lowest BCUT2D eigenvalue weighted by Gasteiger charge is -2.31. The fourth-order valence-corrected chi connectivity index (χ4v) is 4.61. The molecule has 12 heteroatoms. The first-order chi connectivity index (χ1) is 17.4. The Morgan fingerprint density at radius 3 is 2.57 bits per heavy atom. The van der Waals surface area contributed by atoms with Gasteiger partial charge < -0.3 is 24.4 Å². The van der Waals surface area contributed by atoms with E-state index in [4.69, 9.17) is 19.6 Å². The van der Waals surface area contributed by atoms with Crippen LogP contribution in [0, 0.1) is 27.4 Å². The summed E-state index contributed by atoms with van der Waals surface area (Å²) < 4.78 is 16.3. The average Bonchev–Trinajstić information content (AvgIpc) is 3.54. The first-order valence-corrected chi connectivity index (χ1v) is 12.6. The Labute approximate surface area is 216 Å². The van der Waals surface area contributed by atoms with Gasteiger partial charge in [-0.25, -0.2) is 9.78 Å². The smallest absolute Gasteiger partial charge is 0.407 e. The summed E-state index contributed by atoms with van der Waals surface area (Å²) in [4.78, 5) is 41.6. The van der Waals surface area contributed by atoms with E-state index < -0.39 is 22.7 Å². The Hall–Kier alpha value is -3.44. The van der Waals surface area contributed by atoms with Gasteiger partial charge in [0.05, 0.1) is 17.2 Å². The molecule has 12 nitrogen and oxygen atoms in total. The van der Waals surface area contributed by atoms with Crippen LogP contribution in [0.4, 0.5) is 16.2 Å². The highest BCUT2D eigenvalue weighted by Gasteiger charge is 2.38. The zero-order chi connectivity index (χ0) is 27.3. The Morgan fingerprint density at radius 2 is 2.00 bits per heavy atom. The number of rotatable bonds is 11. The van der Waals surface area contributed by atoms with Gasteiger partial charge in [0.2, 0.25) is 0 Å². The zero-order valence-electron chi connectivity index (χ0n) is 22.2. The highest BCUT2D eigenvalue weighted by Crippen LogP contribution is 2.44. The number of carbonyl (C=O) groups is 2. The van der Waals surface area contributed by atoms with Crippen LogP contribution in [0.15, 0.2) is 6.20 Å². The highest BCUT2D eigenvalue weighted by atomic mass is 16.6. The van der Waals surface area contributed by atoms with Crippen molar-refractivity contribution in [3.05, 3.63) is 27.6 Å². The van der Waals surface area contributed by atoms with Crippen LogP contribution in [0.5, 0.6) is 0 Å². The minimum absolute atomic E-state index is 0.0221. The SMILES string of the molecule is CC(=N)OC1CCc2c1ncc([N+](=O)[O-])c2N(CCNC(=O)OC(C)(C)C)CC(COC(C)=O)C1CC1. The van der Waals surface area contributed by atoms with Crippen molar-refractivity contribution in [3.63, 3.8) is 0 Å². The van der Waals surface area contributed by atoms with Gasteiger partial charge in [-0.1, -0.05) is 0 Å². The van der Waals surface area contributed by atoms with E-state index >= 15 is 0 Å². The molecule has 1 fully saturated rings. The van der Waals surface area contributed by atoms with Gasteiger partial charge in [0, 0.05) is 45.0 Å². The summed E-state index contributed by atoms with van der Waals surface area (Å²) in [6.07, 6.45) is 3.27. The fourth-order valence-electron chi connectivity index (χ4n) is 4.61. The minimum Gasteiger partial charge on any atom is -0.472 e. The van der Waals surface area contributed by atoms with Gasteiger partial charge in [0.15, 0.2) is 5.90 Å². The van der Waals surface area contributed by atoms with Gasteiger partial charge >= 0.3 is 17.7 Å². The lowest BCUT2D eigenvalue weighted by atomic mass is 10.0. The van der Waals surface area contributed by atoms with Gasteiger partial charge in [-0.3, -0.25) is 20.3 Å². The molecule has 2 atom stereocenters. The topological polar surface area (TPSA) is 157 Å². The van der Waals surface area contributed by atoms with Crippen LogP contribution in [0.3, 0.4) is 0 Å². The Kier molecular flexibility index (Phi) is 8.93. The van der Waals surface area contributed by atoms with Crippen molar-refractivity contribution >= 4 is 29.3 Å². The van der Waals surface area contributed by atoms with E-state index in [1.165, 1.54) is 20.0 Å². The van der Waals surface area contributed by atoms with Gasteiger partial charge in [0.1, 0.15) is 23.6 Å². The molecule has 0 radical (unpaired) electrons. The molecule has 2 aliphatic carbocycles. The molecule has 1 saturated carbocycles. The second-order valence-corrected chi connectivity index (χ2v) is 10.6. The predicted molar refractivity (Wildman–Crippen MR) is 136 cm³/mol. The van der Waals surface area contributed by atoms with Crippen molar-refractivity contribution in [3.8, 4) is 0 Å². The first-order valence-electron chi connectivity index (χ1n) is 12.6. The molecule has 2 aliphatic rings. The van der Waals surface area contributed by atoms with E-state index in [2.05, 4.69) is 10.3 Å². The number of nitrogens with one attached hydrogen (secondary N) is 2. The summed E-state index contributed by atoms with van der Waals surface area (Å²) in [5.41, 5.74) is 0.936. The molecule has 0 aliphatic heterocycles. The second-order valence-electron chi connectivity index (χ2n) is 10.6. The molecule has 0 spiro atoms. The van der Waals surface area contributed by atoms with Crippen LogP contribution in [-0.2, 0) is 25.4 Å². The molecule has 2 unspecified atom stereocenters. The maximum atomic E-state index is 12.2. The van der Waals surface area contributed by atoms with Crippen molar-refractivity contribution in [2.75, 3.05) is 31.1 Å². The van der Waals surface area contributed by atoms with E-state index in [1.807, 2.05) is 4.90 Å². The number of nitrogens with zero attached hydrogens (tertiary/aromatic N) is 3. The molecule has 0 bridgehead atoms. The van der Waals surface area contributed by atoms with Gasteiger partial charge in [-0.05, 0) is 52.4 Å². The van der Waals surface area contributed by atoms with Crippen LogP contribution in [0.2, 0.25) is 0 Å². The van der Waals surface area contributed by atoms with E-state index in [9.17, 15) is 19.7 Å². The lowest BCUT2D eigenvalue weighted by molar-refractivity contribution is -0.384. The number of ether oxygens (including phenoxy) is 3. The Bertz CT molecular complexity index is 1030. The minimum atomic E-state index is -0.655. The molecular weight excluding hydrogens is 482 g/mol. The quantitative estimate of drug-likeness (QED) is 0.145. The Balaban J connectivity index is 1.93. The molecular formula is C25H37N5O7. The van der Waals surface area contributed by atoms with Gasteiger partial charge in [0.25, 0.3) is 0 Å². The third-order valence-electron chi connectivity index (χ3n) is 6.25. The van der Waals surface area contributed by atoms with Gasteiger partial charge in [-0.15, -0.1) is 0 Å². The predicted octanol–water partition coefficient (Wildman–Crippen LogP) is 3.91. The number of aromatic nitrogens is 1.